The van der Waals surface area contributed by atoms with Crippen LogP contribution >= 0.6 is 0 Å². The molecule has 0 bridgehead atoms. The fourth-order valence-corrected chi connectivity index (χ4v) is 4.19. The Morgan fingerprint density at radius 1 is 1.14 bits per heavy atom. The van der Waals surface area contributed by atoms with Gasteiger partial charge in [-0.25, -0.2) is 9.37 Å². The number of carboxylic acid groups (broad SMARTS) is 1. The van der Waals surface area contributed by atoms with E-state index >= 15 is 0 Å². The summed E-state index contributed by atoms with van der Waals surface area (Å²) in [6.45, 7) is 1.16. The molecule has 6 heteroatoms. The van der Waals surface area contributed by atoms with E-state index in [1.165, 1.54) is 6.07 Å². The summed E-state index contributed by atoms with van der Waals surface area (Å²) in [5.74, 6) is -1.38. The molecule has 0 amide bonds. The van der Waals surface area contributed by atoms with Crippen molar-refractivity contribution < 1.29 is 19.4 Å². The lowest BCUT2D eigenvalue weighted by molar-refractivity contribution is -0.163. The smallest absolute Gasteiger partial charge is 0.313 e. The van der Waals surface area contributed by atoms with Crippen molar-refractivity contribution in [2.45, 2.75) is 25.5 Å². The molecule has 1 aliphatic heterocycles. The highest BCUT2D eigenvalue weighted by molar-refractivity contribution is 5.79. The lowest BCUT2D eigenvalue weighted by atomic mass is 9.73. The minimum Gasteiger partial charge on any atom is -0.481 e. The molecule has 0 saturated carbocycles. The Labute approximate surface area is 168 Å². The number of hydrogen-bond donors (Lipinski definition) is 2. The third-order valence-corrected chi connectivity index (χ3v) is 5.76. The van der Waals surface area contributed by atoms with E-state index in [4.69, 9.17) is 0 Å². The normalized spacial score (nSPS) is 22.6. The van der Waals surface area contributed by atoms with Crippen molar-refractivity contribution in [1.82, 2.24) is 9.88 Å². The number of nitrogens with zero attached hydrogens (tertiary/aromatic N) is 2. The van der Waals surface area contributed by atoms with Crippen molar-refractivity contribution >= 4 is 16.9 Å². The molecule has 2 aromatic carbocycles. The molecular weight excluding hydrogens is 371 g/mol. The van der Waals surface area contributed by atoms with Crippen LogP contribution in [0.25, 0.3) is 10.9 Å². The summed E-state index contributed by atoms with van der Waals surface area (Å²) < 4.78 is 14.1. The van der Waals surface area contributed by atoms with Crippen molar-refractivity contribution in [3.63, 3.8) is 0 Å². The Bertz CT molecular complexity index is 1030. The molecule has 2 N–H and O–H groups in total. The monoisotopic (exact) mass is 394 g/mol. The van der Waals surface area contributed by atoms with Crippen LogP contribution in [0.4, 0.5) is 4.39 Å². The van der Waals surface area contributed by atoms with Crippen molar-refractivity contribution in [3.8, 4) is 0 Å². The summed E-state index contributed by atoms with van der Waals surface area (Å²) in [4.78, 5) is 18.7. The molecular formula is C23H23FN2O3. The van der Waals surface area contributed by atoms with Crippen LogP contribution in [0.1, 0.15) is 17.7 Å². The van der Waals surface area contributed by atoms with Crippen LogP contribution in [0.5, 0.6) is 0 Å². The number of benzene rings is 2. The van der Waals surface area contributed by atoms with E-state index < -0.39 is 17.5 Å². The molecule has 0 spiro atoms. The van der Waals surface area contributed by atoms with Gasteiger partial charge in [0.15, 0.2) is 0 Å². The van der Waals surface area contributed by atoms with Crippen molar-refractivity contribution in [3.05, 3.63) is 77.7 Å². The molecule has 29 heavy (non-hydrogen) atoms. The maximum absolute atomic E-state index is 14.1. The average molecular weight is 394 g/mol. The molecule has 1 saturated heterocycles. The molecule has 2 heterocycles. The molecule has 150 valence electrons. The molecule has 1 aromatic heterocycles. The van der Waals surface area contributed by atoms with Crippen molar-refractivity contribution in [2.75, 3.05) is 13.1 Å². The summed E-state index contributed by atoms with van der Waals surface area (Å²) in [5, 5.41) is 21.4. The average Bonchev–Trinajstić information content (AvgIpc) is 2.72. The quantitative estimate of drug-likeness (QED) is 0.695. The number of halogens is 1. The van der Waals surface area contributed by atoms with Crippen LogP contribution in [0.15, 0.2) is 60.7 Å². The van der Waals surface area contributed by atoms with E-state index in [1.54, 1.807) is 6.07 Å². The molecule has 2 atom stereocenters. The molecule has 5 nitrogen and oxygen atoms in total. The standard InChI is InChI=1S/C23H23FN2O3/c24-19-8-4-7-17-9-10-18(25-21(17)19)14-26-12-11-20(27)23(15-26,22(28)29)13-16-5-2-1-3-6-16/h1-10,20,27H,11-15H2,(H,28,29)/t20-,23+/m0/s1. The second kappa shape index (κ2) is 7.89. The maximum Gasteiger partial charge on any atom is 0.313 e. The Morgan fingerprint density at radius 2 is 1.93 bits per heavy atom. The lowest BCUT2D eigenvalue weighted by Gasteiger charge is -2.43. The molecule has 1 aliphatic rings. The van der Waals surface area contributed by atoms with E-state index in [9.17, 15) is 19.4 Å². The number of piperidine rings is 1. The highest BCUT2D eigenvalue weighted by atomic mass is 19.1. The second-order valence-corrected chi connectivity index (χ2v) is 7.75. The number of fused-ring (bicyclic) bond motifs is 1. The third kappa shape index (κ3) is 3.86. The fourth-order valence-electron chi connectivity index (χ4n) is 4.19. The Hall–Kier alpha value is -2.83. The zero-order chi connectivity index (χ0) is 20.4. The number of aromatic nitrogens is 1. The predicted octanol–water partition coefficient (Wildman–Crippen LogP) is 3.25. The number of likely N-dealkylation sites (tertiary alicyclic amines) is 1. The van der Waals surface area contributed by atoms with Gasteiger partial charge in [-0.1, -0.05) is 48.5 Å². The largest absolute Gasteiger partial charge is 0.481 e. The number of carboxylic acids is 1. The number of aliphatic hydroxyl groups is 1. The molecule has 0 radical (unpaired) electrons. The third-order valence-electron chi connectivity index (χ3n) is 5.76. The SMILES string of the molecule is O=C(O)[C@]1(Cc2ccccc2)CN(Cc2ccc3cccc(F)c3n2)CC[C@@H]1O. The summed E-state index contributed by atoms with van der Waals surface area (Å²) in [6, 6.07) is 17.9. The molecule has 0 unspecified atom stereocenters. The zero-order valence-corrected chi connectivity index (χ0v) is 16.0. The van der Waals surface area contributed by atoms with Gasteiger partial charge in [-0.15, -0.1) is 0 Å². The summed E-state index contributed by atoms with van der Waals surface area (Å²) in [5.41, 5.74) is 0.581. The number of para-hydroxylation sites is 1. The van der Waals surface area contributed by atoms with Gasteiger partial charge in [0.1, 0.15) is 16.7 Å². The highest BCUT2D eigenvalue weighted by Gasteiger charge is 2.49. The predicted molar refractivity (Wildman–Crippen MR) is 108 cm³/mol. The van der Waals surface area contributed by atoms with Crippen LogP contribution in [0.2, 0.25) is 0 Å². The summed E-state index contributed by atoms with van der Waals surface area (Å²) >= 11 is 0. The van der Waals surface area contributed by atoms with Gasteiger partial charge in [0.25, 0.3) is 0 Å². The number of hydrogen-bond acceptors (Lipinski definition) is 4. The first-order chi connectivity index (χ1) is 14.0. The van der Waals surface area contributed by atoms with Gasteiger partial charge < -0.3 is 10.2 Å². The van der Waals surface area contributed by atoms with E-state index in [0.29, 0.717) is 30.7 Å². The molecule has 4 rings (SSSR count). The van der Waals surface area contributed by atoms with Crippen LogP contribution in [-0.2, 0) is 17.8 Å². The van der Waals surface area contributed by atoms with Gasteiger partial charge in [-0.05, 0) is 30.5 Å². The molecule has 3 aromatic rings. The second-order valence-electron chi connectivity index (χ2n) is 7.75. The number of rotatable bonds is 5. The minimum absolute atomic E-state index is 0.204. The van der Waals surface area contributed by atoms with E-state index in [2.05, 4.69) is 4.98 Å². The minimum atomic E-state index is -1.29. The number of carbonyl (C=O) groups is 1. The van der Waals surface area contributed by atoms with Crippen molar-refractivity contribution in [2.24, 2.45) is 5.41 Å². The maximum atomic E-state index is 14.1. The molecule has 1 fully saturated rings. The highest BCUT2D eigenvalue weighted by Crippen LogP contribution is 2.35. The summed E-state index contributed by atoms with van der Waals surface area (Å²) in [6.07, 6.45) is -0.319. The van der Waals surface area contributed by atoms with Crippen LogP contribution in [0.3, 0.4) is 0 Å². The first kappa shape index (κ1) is 19.5. The molecule has 0 aliphatic carbocycles. The van der Waals surface area contributed by atoms with Gasteiger partial charge in [0.05, 0.1) is 11.8 Å². The zero-order valence-electron chi connectivity index (χ0n) is 16.0. The number of aliphatic hydroxyl groups excluding tert-OH is 1. The van der Waals surface area contributed by atoms with E-state index in [0.717, 1.165) is 10.9 Å². The first-order valence-electron chi connectivity index (χ1n) is 9.70. The van der Waals surface area contributed by atoms with Gasteiger partial charge in [-0.2, -0.15) is 0 Å². The van der Waals surface area contributed by atoms with E-state index in [-0.39, 0.29) is 18.8 Å². The van der Waals surface area contributed by atoms with E-state index in [1.807, 2.05) is 53.4 Å². The lowest BCUT2D eigenvalue weighted by Crippen LogP contribution is -2.56. The van der Waals surface area contributed by atoms with Crippen LogP contribution in [-0.4, -0.2) is 45.3 Å². The van der Waals surface area contributed by atoms with Crippen LogP contribution < -0.4 is 0 Å². The first-order valence-corrected chi connectivity index (χ1v) is 9.70. The summed E-state index contributed by atoms with van der Waals surface area (Å²) in [7, 11) is 0. The Morgan fingerprint density at radius 3 is 2.69 bits per heavy atom. The topological polar surface area (TPSA) is 73.7 Å². The number of pyridine rings is 1. The van der Waals surface area contributed by atoms with Crippen LogP contribution in [0, 0.1) is 11.2 Å². The van der Waals surface area contributed by atoms with Crippen molar-refractivity contribution in [1.29, 1.82) is 0 Å². The fraction of sp³-hybridized carbons (Fsp3) is 0.304. The Balaban J connectivity index is 1.59. The van der Waals surface area contributed by atoms with Gasteiger partial charge >= 0.3 is 5.97 Å². The Kier molecular flexibility index (Phi) is 5.30. The van der Waals surface area contributed by atoms with Gasteiger partial charge in [0, 0.05) is 25.0 Å². The number of aliphatic carboxylic acids is 1. The van der Waals surface area contributed by atoms with Gasteiger partial charge in [-0.3, -0.25) is 9.69 Å². The van der Waals surface area contributed by atoms with Gasteiger partial charge in [0.2, 0.25) is 0 Å².